The fraction of sp³-hybridized carbons (Fsp3) is 0.385. The fourth-order valence-electron chi connectivity index (χ4n) is 2.47. The van der Waals surface area contributed by atoms with Gasteiger partial charge in [-0.2, -0.15) is 0 Å². The molecular formula is C13H14N4O3. The molecule has 7 heteroatoms. The number of hydrogen-bond donors (Lipinski definition) is 3. The van der Waals surface area contributed by atoms with Crippen molar-refractivity contribution in [3.8, 4) is 12.3 Å². The fourth-order valence-corrected chi connectivity index (χ4v) is 2.47. The molecule has 4 N–H and O–H groups in total. The highest BCUT2D eigenvalue weighted by atomic mass is 16.6. The van der Waals surface area contributed by atoms with Crippen molar-refractivity contribution in [1.82, 2.24) is 14.5 Å². The molecule has 20 heavy (non-hydrogen) atoms. The summed E-state index contributed by atoms with van der Waals surface area (Å²) < 4.78 is 7.15. The number of fused-ring (bicyclic) bond motifs is 1. The Bertz CT molecular complexity index is 705. The SMILES string of the molecule is C#Cc1cn([C@@H]2O[C@H](C)[C@@H](O)[C@H]2O)c2ncnc(N)c12. The highest BCUT2D eigenvalue weighted by Gasteiger charge is 2.42. The van der Waals surface area contributed by atoms with Gasteiger partial charge in [0.15, 0.2) is 6.23 Å². The minimum atomic E-state index is -1.07. The Kier molecular flexibility index (Phi) is 2.87. The second-order valence-electron chi connectivity index (χ2n) is 4.76. The van der Waals surface area contributed by atoms with Crippen LogP contribution in [-0.4, -0.2) is 43.1 Å². The molecule has 0 spiro atoms. The van der Waals surface area contributed by atoms with Crippen LogP contribution in [0.25, 0.3) is 11.0 Å². The van der Waals surface area contributed by atoms with Gasteiger partial charge < -0.3 is 25.3 Å². The molecule has 0 unspecified atom stereocenters. The average molecular weight is 274 g/mol. The number of rotatable bonds is 1. The highest BCUT2D eigenvalue weighted by Crippen LogP contribution is 2.34. The molecule has 1 fully saturated rings. The first-order valence-corrected chi connectivity index (χ1v) is 6.13. The van der Waals surface area contributed by atoms with Crippen LogP contribution in [0.3, 0.4) is 0 Å². The quantitative estimate of drug-likeness (QED) is 0.613. The molecule has 2 aromatic heterocycles. The summed E-state index contributed by atoms with van der Waals surface area (Å²) in [5, 5.41) is 20.4. The summed E-state index contributed by atoms with van der Waals surface area (Å²) in [4.78, 5) is 8.05. The number of nitrogens with zero attached hydrogens (tertiary/aromatic N) is 3. The maximum Gasteiger partial charge on any atom is 0.164 e. The highest BCUT2D eigenvalue weighted by molar-refractivity contribution is 5.92. The number of aromatic nitrogens is 3. The first-order chi connectivity index (χ1) is 9.54. The van der Waals surface area contributed by atoms with E-state index in [0.29, 0.717) is 16.6 Å². The summed E-state index contributed by atoms with van der Waals surface area (Å²) in [5.74, 6) is 2.78. The number of hydrogen-bond acceptors (Lipinski definition) is 6. The van der Waals surface area contributed by atoms with Crippen molar-refractivity contribution < 1.29 is 14.9 Å². The molecule has 1 saturated heterocycles. The molecule has 0 aliphatic carbocycles. The van der Waals surface area contributed by atoms with Crippen LogP contribution in [-0.2, 0) is 4.74 Å². The number of aliphatic hydroxyl groups excluding tert-OH is 2. The second-order valence-corrected chi connectivity index (χ2v) is 4.76. The summed E-state index contributed by atoms with van der Waals surface area (Å²) in [6.07, 6.45) is 5.11. The molecule has 1 aliphatic rings. The van der Waals surface area contributed by atoms with Gasteiger partial charge in [-0.15, -0.1) is 6.42 Å². The number of nitrogens with two attached hydrogens (primary N) is 1. The number of anilines is 1. The Morgan fingerprint density at radius 2 is 2.15 bits per heavy atom. The van der Waals surface area contributed by atoms with Crippen molar-refractivity contribution in [2.75, 3.05) is 5.73 Å². The number of aliphatic hydroxyl groups is 2. The van der Waals surface area contributed by atoms with Crippen LogP contribution in [0.4, 0.5) is 5.82 Å². The first-order valence-electron chi connectivity index (χ1n) is 6.13. The van der Waals surface area contributed by atoms with E-state index in [4.69, 9.17) is 16.9 Å². The monoisotopic (exact) mass is 274 g/mol. The van der Waals surface area contributed by atoms with Crippen LogP contribution in [0.1, 0.15) is 18.7 Å². The van der Waals surface area contributed by atoms with Gasteiger partial charge in [0.2, 0.25) is 0 Å². The molecule has 3 rings (SSSR count). The van der Waals surface area contributed by atoms with E-state index in [0.717, 1.165) is 0 Å². The predicted molar refractivity (Wildman–Crippen MR) is 71.5 cm³/mol. The Labute approximate surface area is 115 Å². The largest absolute Gasteiger partial charge is 0.388 e. The van der Waals surface area contributed by atoms with Gasteiger partial charge in [0.05, 0.1) is 17.1 Å². The summed E-state index contributed by atoms with van der Waals surface area (Å²) in [7, 11) is 0. The Balaban J connectivity index is 2.19. The van der Waals surface area contributed by atoms with Crippen molar-refractivity contribution in [2.45, 2.75) is 31.5 Å². The topological polar surface area (TPSA) is 106 Å². The van der Waals surface area contributed by atoms with Gasteiger partial charge in [-0.3, -0.25) is 0 Å². The van der Waals surface area contributed by atoms with Crippen molar-refractivity contribution in [1.29, 1.82) is 0 Å². The number of ether oxygens (including phenoxy) is 1. The Hall–Kier alpha value is -2.14. The van der Waals surface area contributed by atoms with Crippen LogP contribution in [0.5, 0.6) is 0 Å². The van der Waals surface area contributed by atoms with Gasteiger partial charge in [-0.1, -0.05) is 5.92 Å². The second kappa shape index (κ2) is 4.45. The Morgan fingerprint density at radius 1 is 1.40 bits per heavy atom. The third-order valence-electron chi connectivity index (χ3n) is 3.55. The van der Waals surface area contributed by atoms with Crippen LogP contribution < -0.4 is 5.73 Å². The summed E-state index contributed by atoms with van der Waals surface area (Å²) in [6, 6.07) is 0. The van der Waals surface area contributed by atoms with E-state index in [1.54, 1.807) is 17.7 Å². The van der Waals surface area contributed by atoms with Gasteiger partial charge in [-0.25, -0.2) is 9.97 Å². The molecule has 2 aromatic rings. The maximum atomic E-state index is 10.1. The predicted octanol–water partition coefficient (Wildman–Crippen LogP) is -0.366. The molecule has 7 nitrogen and oxygen atoms in total. The molecule has 1 aliphatic heterocycles. The molecule has 0 radical (unpaired) electrons. The van der Waals surface area contributed by atoms with E-state index in [2.05, 4.69) is 15.9 Å². The molecule has 0 saturated carbocycles. The first kappa shape index (κ1) is 12.9. The van der Waals surface area contributed by atoms with E-state index in [1.807, 2.05) is 0 Å². The molecule has 3 heterocycles. The number of terminal acetylenes is 1. The van der Waals surface area contributed by atoms with Crippen molar-refractivity contribution in [3.63, 3.8) is 0 Å². The van der Waals surface area contributed by atoms with Gasteiger partial charge in [0.25, 0.3) is 0 Å². The minimum absolute atomic E-state index is 0.266. The van der Waals surface area contributed by atoms with Gasteiger partial charge >= 0.3 is 0 Å². The lowest BCUT2D eigenvalue weighted by molar-refractivity contribution is -0.0296. The molecule has 0 aromatic carbocycles. The summed E-state index contributed by atoms with van der Waals surface area (Å²) >= 11 is 0. The zero-order valence-electron chi connectivity index (χ0n) is 10.8. The molecular weight excluding hydrogens is 260 g/mol. The molecule has 0 bridgehead atoms. The summed E-state index contributed by atoms with van der Waals surface area (Å²) in [5.41, 5.74) is 6.81. The standard InChI is InChI=1S/C13H14N4O3/c1-3-7-4-17(12-8(7)11(14)15-5-16-12)13-10(19)9(18)6(2)20-13/h1,4-6,9-10,13,18-19H,2H3,(H2,14,15,16)/t6-,9-,10-,13-/m1/s1. The van der Waals surface area contributed by atoms with Crippen LogP contribution in [0, 0.1) is 12.3 Å². The van der Waals surface area contributed by atoms with Gasteiger partial charge in [0.1, 0.15) is 30.0 Å². The zero-order chi connectivity index (χ0) is 14.4. The third-order valence-corrected chi connectivity index (χ3v) is 3.55. The average Bonchev–Trinajstić information content (AvgIpc) is 2.93. The lowest BCUT2D eigenvalue weighted by Gasteiger charge is -2.17. The van der Waals surface area contributed by atoms with E-state index in [-0.39, 0.29) is 5.82 Å². The van der Waals surface area contributed by atoms with E-state index in [9.17, 15) is 10.2 Å². The smallest absolute Gasteiger partial charge is 0.164 e. The van der Waals surface area contributed by atoms with E-state index >= 15 is 0 Å². The van der Waals surface area contributed by atoms with Gasteiger partial charge in [0, 0.05) is 6.20 Å². The third kappa shape index (κ3) is 1.67. The van der Waals surface area contributed by atoms with Crippen molar-refractivity contribution in [2.24, 2.45) is 0 Å². The lowest BCUT2D eigenvalue weighted by Crippen LogP contribution is -2.30. The van der Waals surface area contributed by atoms with Crippen LogP contribution in [0.2, 0.25) is 0 Å². The number of nitrogen functional groups attached to an aromatic ring is 1. The van der Waals surface area contributed by atoms with Crippen LogP contribution in [0.15, 0.2) is 12.5 Å². The normalized spacial score (nSPS) is 29.7. The lowest BCUT2D eigenvalue weighted by atomic mass is 10.1. The Morgan fingerprint density at radius 3 is 2.75 bits per heavy atom. The van der Waals surface area contributed by atoms with Crippen molar-refractivity contribution in [3.05, 3.63) is 18.1 Å². The maximum absolute atomic E-state index is 10.1. The van der Waals surface area contributed by atoms with Gasteiger partial charge in [-0.05, 0) is 6.92 Å². The zero-order valence-corrected chi connectivity index (χ0v) is 10.8. The molecule has 4 atom stereocenters. The van der Waals surface area contributed by atoms with Crippen molar-refractivity contribution >= 4 is 16.9 Å². The van der Waals surface area contributed by atoms with E-state index < -0.39 is 24.5 Å². The van der Waals surface area contributed by atoms with Crippen LogP contribution >= 0.6 is 0 Å². The summed E-state index contributed by atoms with van der Waals surface area (Å²) in [6.45, 7) is 1.69. The minimum Gasteiger partial charge on any atom is -0.388 e. The van der Waals surface area contributed by atoms with E-state index in [1.165, 1.54) is 6.33 Å². The molecule has 0 amide bonds. The molecule has 104 valence electrons.